The summed E-state index contributed by atoms with van der Waals surface area (Å²) in [5, 5.41) is 14.1. The van der Waals surface area contributed by atoms with Gasteiger partial charge in [-0.2, -0.15) is 13.2 Å². The predicted octanol–water partition coefficient (Wildman–Crippen LogP) is 4.69. The van der Waals surface area contributed by atoms with Crippen molar-refractivity contribution in [3.63, 3.8) is 0 Å². The van der Waals surface area contributed by atoms with Gasteiger partial charge in [-0.25, -0.2) is 0 Å². The van der Waals surface area contributed by atoms with Crippen molar-refractivity contribution < 1.29 is 27.7 Å². The van der Waals surface area contributed by atoms with E-state index in [1.807, 2.05) is 4.90 Å². The van der Waals surface area contributed by atoms with Crippen molar-refractivity contribution in [2.45, 2.75) is 71.0 Å². The molecule has 0 aromatic heterocycles. The van der Waals surface area contributed by atoms with Crippen molar-refractivity contribution in [1.82, 2.24) is 10.2 Å². The number of nitrogens with one attached hydrogen (secondary N) is 1. The number of hydrogen-bond acceptors (Lipinski definition) is 6. The Morgan fingerprint density at radius 1 is 1.36 bits per heavy atom. The van der Waals surface area contributed by atoms with Crippen LogP contribution in [-0.4, -0.2) is 47.7 Å². The fourth-order valence-electron chi connectivity index (χ4n) is 4.41. The highest BCUT2D eigenvalue weighted by atomic mass is 19.4. The van der Waals surface area contributed by atoms with Crippen molar-refractivity contribution >= 4 is 17.8 Å². The third-order valence-corrected chi connectivity index (χ3v) is 6.26. The van der Waals surface area contributed by atoms with Crippen LogP contribution in [0.4, 0.5) is 18.9 Å². The Morgan fingerprint density at radius 3 is 2.64 bits per heavy atom. The molecule has 0 bridgehead atoms. The highest BCUT2D eigenvalue weighted by molar-refractivity contribution is 6.27. The highest BCUT2D eigenvalue weighted by Crippen LogP contribution is 2.42. The molecular weight excluding hydrogens is 439 g/mol. The second kappa shape index (κ2) is 11.2. The maximum Gasteiger partial charge on any atom is 0.423 e. The molecule has 0 radical (unpaired) electrons. The van der Waals surface area contributed by atoms with E-state index in [0.717, 1.165) is 31.4 Å². The lowest BCUT2D eigenvalue weighted by Crippen LogP contribution is -2.33. The van der Waals surface area contributed by atoms with Crippen molar-refractivity contribution in [2.24, 2.45) is 5.41 Å². The number of ketones is 1. The number of Topliss-reactive ketones (excluding diaryl/α,β-unsaturated/α-hetero) is 1. The Kier molecular flexibility index (Phi) is 9.13. The number of carbonyl (C=O) groups is 2. The molecule has 1 aliphatic heterocycles. The molecule has 0 spiro atoms. The Balaban J connectivity index is 2.28. The summed E-state index contributed by atoms with van der Waals surface area (Å²) in [6, 6.07) is 2.72. The number of unbranched alkanes of at least 4 members (excludes halogenated alkanes) is 1. The SMILES string of the molecule is CCCCC(C)(C)CC(CCN1CNC(C(=O)C=O)C1)c1ccc([N+](=O)[O-])c(C(F)(F)F)c1. The molecule has 2 unspecified atom stereocenters. The van der Waals surface area contributed by atoms with Crippen LogP contribution < -0.4 is 5.32 Å². The first-order chi connectivity index (χ1) is 15.4. The van der Waals surface area contributed by atoms with E-state index in [0.29, 0.717) is 38.2 Å². The topological polar surface area (TPSA) is 92.6 Å². The van der Waals surface area contributed by atoms with Crippen LogP contribution in [0.15, 0.2) is 18.2 Å². The van der Waals surface area contributed by atoms with Crippen molar-refractivity contribution in [1.29, 1.82) is 0 Å². The van der Waals surface area contributed by atoms with Crippen molar-refractivity contribution in [3.8, 4) is 0 Å². The minimum atomic E-state index is -4.83. The van der Waals surface area contributed by atoms with Gasteiger partial charge in [-0.3, -0.25) is 29.9 Å². The molecule has 0 saturated carbocycles. The predicted molar refractivity (Wildman–Crippen MR) is 118 cm³/mol. The molecule has 1 N–H and O–H groups in total. The van der Waals surface area contributed by atoms with Gasteiger partial charge in [0.1, 0.15) is 5.56 Å². The van der Waals surface area contributed by atoms with Gasteiger partial charge in [-0.15, -0.1) is 0 Å². The van der Waals surface area contributed by atoms with Crippen LogP contribution in [0, 0.1) is 15.5 Å². The van der Waals surface area contributed by atoms with Gasteiger partial charge in [-0.05, 0) is 42.2 Å². The lowest BCUT2D eigenvalue weighted by Gasteiger charge is -2.31. The number of carbonyl (C=O) groups excluding carboxylic acids is 2. The van der Waals surface area contributed by atoms with E-state index in [1.165, 1.54) is 6.07 Å². The van der Waals surface area contributed by atoms with E-state index in [2.05, 4.69) is 26.1 Å². The Hall–Kier alpha value is -2.33. The average molecular weight is 472 g/mol. The fraction of sp³-hybridized carbons (Fsp3) is 0.652. The van der Waals surface area contributed by atoms with Gasteiger partial charge in [0.15, 0.2) is 6.29 Å². The van der Waals surface area contributed by atoms with Gasteiger partial charge in [0.05, 0.1) is 11.0 Å². The monoisotopic (exact) mass is 471 g/mol. The Labute approximate surface area is 191 Å². The molecule has 2 rings (SSSR count). The number of nitrogens with zero attached hydrogens (tertiary/aromatic N) is 2. The van der Waals surface area contributed by atoms with E-state index in [4.69, 9.17) is 0 Å². The smallest absolute Gasteiger partial charge is 0.295 e. The average Bonchev–Trinajstić information content (AvgIpc) is 3.22. The number of rotatable bonds is 12. The molecule has 1 saturated heterocycles. The standard InChI is InChI=1S/C23H32F3N3O4/c1-4-5-9-22(2,3)12-17(8-10-28-13-19(27-15-28)21(31)14-30)16-6-7-20(29(32)33)18(11-16)23(24,25)26/h6-7,11,14,17,19,27H,4-5,8-10,12-13,15H2,1-3H3. The molecule has 1 aliphatic rings. The maximum atomic E-state index is 13.6. The first-order valence-electron chi connectivity index (χ1n) is 11.2. The molecule has 0 aliphatic carbocycles. The number of halogens is 3. The van der Waals surface area contributed by atoms with E-state index in [9.17, 15) is 32.9 Å². The molecule has 184 valence electrons. The first kappa shape index (κ1) is 26.9. The molecule has 0 amide bonds. The van der Waals surface area contributed by atoms with Gasteiger partial charge in [0.25, 0.3) is 5.69 Å². The maximum absolute atomic E-state index is 13.6. The van der Waals surface area contributed by atoms with E-state index < -0.39 is 34.2 Å². The third kappa shape index (κ3) is 7.60. The highest BCUT2D eigenvalue weighted by Gasteiger charge is 2.39. The number of aldehydes is 1. The number of hydrogen-bond donors (Lipinski definition) is 1. The van der Waals surface area contributed by atoms with Crippen LogP contribution in [0.3, 0.4) is 0 Å². The number of nitro benzene ring substituents is 1. The summed E-state index contributed by atoms with van der Waals surface area (Å²) < 4.78 is 40.7. The second-order valence-corrected chi connectivity index (χ2v) is 9.50. The Morgan fingerprint density at radius 2 is 2.06 bits per heavy atom. The fourth-order valence-corrected chi connectivity index (χ4v) is 4.41. The van der Waals surface area contributed by atoms with Gasteiger partial charge >= 0.3 is 6.18 Å². The zero-order valence-corrected chi connectivity index (χ0v) is 19.3. The molecule has 2 atom stereocenters. The second-order valence-electron chi connectivity index (χ2n) is 9.50. The summed E-state index contributed by atoms with van der Waals surface area (Å²) in [7, 11) is 0. The van der Waals surface area contributed by atoms with Gasteiger partial charge in [-0.1, -0.05) is 39.7 Å². The molecule has 10 heteroatoms. The number of alkyl halides is 3. The van der Waals surface area contributed by atoms with Crippen molar-refractivity contribution in [3.05, 3.63) is 39.4 Å². The van der Waals surface area contributed by atoms with Gasteiger partial charge in [0, 0.05) is 25.8 Å². The molecule has 7 nitrogen and oxygen atoms in total. The summed E-state index contributed by atoms with van der Waals surface area (Å²) in [5.41, 5.74) is -1.89. The van der Waals surface area contributed by atoms with Crippen molar-refractivity contribution in [2.75, 3.05) is 19.8 Å². The van der Waals surface area contributed by atoms with Crippen LogP contribution in [0.25, 0.3) is 0 Å². The molecular formula is C23H32F3N3O4. The van der Waals surface area contributed by atoms with Crippen LogP contribution in [0.2, 0.25) is 0 Å². The van der Waals surface area contributed by atoms with Gasteiger partial charge < -0.3 is 0 Å². The number of benzene rings is 1. The van der Waals surface area contributed by atoms with E-state index in [-0.39, 0.29) is 17.6 Å². The quantitative estimate of drug-likeness (QED) is 0.206. The largest absolute Gasteiger partial charge is 0.423 e. The minimum absolute atomic E-state index is 0.125. The first-order valence-corrected chi connectivity index (χ1v) is 11.2. The molecule has 33 heavy (non-hydrogen) atoms. The summed E-state index contributed by atoms with van der Waals surface area (Å²) in [6.45, 7) is 7.53. The van der Waals surface area contributed by atoms with Crippen LogP contribution >= 0.6 is 0 Å². The summed E-state index contributed by atoms with van der Waals surface area (Å²) >= 11 is 0. The summed E-state index contributed by atoms with van der Waals surface area (Å²) in [4.78, 5) is 34.4. The third-order valence-electron chi connectivity index (χ3n) is 6.26. The number of nitro groups is 1. The Bertz CT molecular complexity index is 858. The zero-order chi connectivity index (χ0) is 24.8. The molecule has 1 aromatic rings. The summed E-state index contributed by atoms with van der Waals surface area (Å²) in [6.07, 6.45) is -0.471. The van der Waals surface area contributed by atoms with E-state index in [1.54, 1.807) is 0 Å². The molecule has 1 aromatic carbocycles. The van der Waals surface area contributed by atoms with Gasteiger partial charge in [0.2, 0.25) is 5.78 Å². The molecule has 1 fully saturated rings. The molecule has 1 heterocycles. The van der Waals surface area contributed by atoms with Crippen LogP contribution in [0.5, 0.6) is 0 Å². The normalized spacial score (nSPS) is 18.3. The lowest BCUT2D eigenvalue weighted by atomic mass is 9.75. The minimum Gasteiger partial charge on any atom is -0.295 e. The van der Waals surface area contributed by atoms with E-state index >= 15 is 0 Å². The summed E-state index contributed by atoms with van der Waals surface area (Å²) in [5.74, 6) is -0.778. The zero-order valence-electron chi connectivity index (χ0n) is 19.3. The lowest BCUT2D eigenvalue weighted by molar-refractivity contribution is -0.388. The van der Waals surface area contributed by atoms with Crippen LogP contribution in [0.1, 0.15) is 69.9 Å². The van der Waals surface area contributed by atoms with Crippen LogP contribution in [-0.2, 0) is 15.8 Å².